The number of hydrogen-bond donors (Lipinski definition) is 1. The average Bonchev–Trinajstić information content (AvgIpc) is 2.65. The summed E-state index contributed by atoms with van der Waals surface area (Å²) in [4.78, 5) is -0.0689. The molecule has 2 atom stereocenters. The van der Waals surface area contributed by atoms with Crippen molar-refractivity contribution in [3.05, 3.63) is 58.6 Å². The van der Waals surface area contributed by atoms with E-state index in [9.17, 15) is 17.2 Å². The van der Waals surface area contributed by atoms with Crippen molar-refractivity contribution < 1.29 is 31.8 Å². The Morgan fingerprint density at radius 3 is 2.48 bits per heavy atom. The lowest BCUT2D eigenvalue weighted by molar-refractivity contribution is 0.0454. The molecule has 5 nitrogen and oxygen atoms in total. The van der Waals surface area contributed by atoms with E-state index in [4.69, 9.17) is 26.2 Å². The van der Waals surface area contributed by atoms with Crippen LogP contribution in [0.3, 0.4) is 0 Å². The molecular formula is C18H17ClF2O5S. The van der Waals surface area contributed by atoms with Crippen LogP contribution >= 0.6 is 11.6 Å². The number of sulfone groups is 1. The van der Waals surface area contributed by atoms with E-state index in [-0.39, 0.29) is 36.9 Å². The lowest BCUT2D eigenvalue weighted by Crippen LogP contribution is -2.35. The summed E-state index contributed by atoms with van der Waals surface area (Å²) in [5.41, 5.74) is -0.353. The Kier molecular flexibility index (Phi) is 6.00. The maximum Gasteiger partial charge on any atom is 0.186 e. The van der Waals surface area contributed by atoms with Gasteiger partial charge in [-0.15, -0.1) is 0 Å². The first-order valence-corrected chi connectivity index (χ1v) is 10.1. The van der Waals surface area contributed by atoms with Crippen molar-refractivity contribution in [1.29, 1.82) is 0 Å². The van der Waals surface area contributed by atoms with E-state index in [1.165, 1.54) is 24.3 Å². The Balaban J connectivity index is 2.11. The summed E-state index contributed by atoms with van der Waals surface area (Å²) in [7, 11) is -4.11. The molecule has 0 aromatic heterocycles. The largest absolute Gasteiger partial charge is 0.490 e. The molecule has 146 valence electrons. The van der Waals surface area contributed by atoms with Crippen LogP contribution in [0, 0.1) is 17.6 Å². The summed E-state index contributed by atoms with van der Waals surface area (Å²) in [6.45, 7) is -0.534. The number of hydrogen-bond acceptors (Lipinski definition) is 5. The second-order valence-electron chi connectivity index (χ2n) is 6.06. The second kappa shape index (κ2) is 8.10. The molecule has 2 aromatic rings. The van der Waals surface area contributed by atoms with Gasteiger partial charge in [0.25, 0.3) is 0 Å². The topological polar surface area (TPSA) is 72.8 Å². The number of benzene rings is 2. The van der Waals surface area contributed by atoms with Crippen LogP contribution in [0.1, 0.15) is 10.8 Å². The number of aliphatic hydroxyl groups is 1. The van der Waals surface area contributed by atoms with Gasteiger partial charge in [-0.1, -0.05) is 11.6 Å². The zero-order chi connectivity index (χ0) is 19.6. The number of rotatable bonds is 6. The van der Waals surface area contributed by atoms with E-state index in [1.54, 1.807) is 0 Å². The summed E-state index contributed by atoms with van der Waals surface area (Å²) >= 11 is 5.82. The fourth-order valence-corrected chi connectivity index (χ4v) is 5.22. The monoisotopic (exact) mass is 418 g/mol. The molecule has 0 fully saturated rings. The van der Waals surface area contributed by atoms with Gasteiger partial charge in [0.1, 0.15) is 11.1 Å². The van der Waals surface area contributed by atoms with Gasteiger partial charge in [0, 0.05) is 10.9 Å². The quantitative estimate of drug-likeness (QED) is 0.729. The molecule has 0 radical (unpaired) electrons. The molecule has 0 spiro atoms. The van der Waals surface area contributed by atoms with Crippen LogP contribution in [0.25, 0.3) is 0 Å². The van der Waals surface area contributed by atoms with E-state index in [1.807, 2.05) is 0 Å². The van der Waals surface area contributed by atoms with Crippen LogP contribution in [-0.4, -0.2) is 40.0 Å². The zero-order valence-electron chi connectivity index (χ0n) is 14.1. The fourth-order valence-electron chi connectivity index (χ4n) is 3.09. The van der Waals surface area contributed by atoms with E-state index in [0.29, 0.717) is 5.02 Å². The van der Waals surface area contributed by atoms with Crippen LogP contribution < -0.4 is 4.74 Å². The first-order valence-electron chi connectivity index (χ1n) is 8.15. The SMILES string of the molecule is O=S(=O)(c1ccc(Cl)cc1)C1c2c(F)ccc(F)c2OC[C@H]1COCCO. The van der Waals surface area contributed by atoms with Gasteiger partial charge >= 0.3 is 0 Å². The van der Waals surface area contributed by atoms with Gasteiger partial charge in [-0.3, -0.25) is 0 Å². The summed E-state index contributed by atoms with van der Waals surface area (Å²) < 4.78 is 65.8. The van der Waals surface area contributed by atoms with Crippen molar-refractivity contribution in [3.8, 4) is 5.75 Å². The van der Waals surface area contributed by atoms with Crippen molar-refractivity contribution in [3.63, 3.8) is 0 Å². The molecule has 1 unspecified atom stereocenters. The van der Waals surface area contributed by atoms with Crippen molar-refractivity contribution in [1.82, 2.24) is 0 Å². The highest BCUT2D eigenvalue weighted by Gasteiger charge is 2.44. The van der Waals surface area contributed by atoms with Crippen LogP contribution in [-0.2, 0) is 14.6 Å². The smallest absolute Gasteiger partial charge is 0.186 e. The molecular weight excluding hydrogens is 402 g/mol. The van der Waals surface area contributed by atoms with Gasteiger partial charge in [-0.2, -0.15) is 0 Å². The molecule has 1 N–H and O–H groups in total. The molecule has 3 rings (SSSR count). The number of ether oxygens (including phenoxy) is 2. The fraction of sp³-hybridized carbons (Fsp3) is 0.333. The molecule has 0 aliphatic carbocycles. The Bertz CT molecular complexity index is 918. The molecule has 27 heavy (non-hydrogen) atoms. The molecule has 2 aromatic carbocycles. The van der Waals surface area contributed by atoms with Gasteiger partial charge in [0.2, 0.25) is 0 Å². The van der Waals surface area contributed by atoms with Crippen molar-refractivity contribution >= 4 is 21.4 Å². The standard InChI is InChI=1S/C18H17ClF2O5S/c19-12-1-3-13(4-2-12)27(23,24)18-11(9-25-8-7-22)10-26-17-15(21)6-5-14(20)16(17)18/h1-6,11,18,22H,7-10H2/t11-,18?/m1/s1. The highest BCUT2D eigenvalue weighted by molar-refractivity contribution is 7.91. The first-order chi connectivity index (χ1) is 12.9. The van der Waals surface area contributed by atoms with Crippen molar-refractivity contribution in [2.24, 2.45) is 5.92 Å². The summed E-state index contributed by atoms with van der Waals surface area (Å²) in [6.07, 6.45) is 0. The highest BCUT2D eigenvalue weighted by Crippen LogP contribution is 2.45. The minimum Gasteiger partial charge on any atom is -0.490 e. The molecule has 9 heteroatoms. The molecule has 0 amide bonds. The number of fused-ring (bicyclic) bond motifs is 1. The van der Waals surface area contributed by atoms with Crippen LogP contribution in [0.4, 0.5) is 8.78 Å². The molecule has 1 heterocycles. The predicted molar refractivity (Wildman–Crippen MR) is 94.6 cm³/mol. The number of halogens is 3. The highest BCUT2D eigenvalue weighted by atomic mass is 35.5. The Labute approximate surface area is 160 Å². The van der Waals surface area contributed by atoms with Crippen LogP contribution in [0.15, 0.2) is 41.3 Å². The van der Waals surface area contributed by atoms with Gasteiger partial charge in [0.15, 0.2) is 21.4 Å². The molecule has 0 saturated heterocycles. The Hall–Kier alpha value is -1.74. The van der Waals surface area contributed by atoms with E-state index in [2.05, 4.69) is 0 Å². The first kappa shape index (κ1) is 20.0. The average molecular weight is 419 g/mol. The van der Waals surface area contributed by atoms with Gasteiger partial charge < -0.3 is 14.6 Å². The third-order valence-corrected chi connectivity index (χ3v) is 6.76. The lowest BCUT2D eigenvalue weighted by atomic mass is 9.96. The summed E-state index contributed by atoms with van der Waals surface area (Å²) in [6, 6.07) is 7.22. The Morgan fingerprint density at radius 2 is 1.81 bits per heavy atom. The normalized spacial score (nSPS) is 19.4. The maximum absolute atomic E-state index is 14.6. The molecule has 1 aliphatic rings. The third kappa shape index (κ3) is 3.94. The summed E-state index contributed by atoms with van der Waals surface area (Å²) in [5, 5.41) is 7.81. The minimum absolute atomic E-state index is 0.0112. The molecule has 0 saturated carbocycles. The van der Waals surface area contributed by atoms with Gasteiger partial charge in [0.05, 0.1) is 36.9 Å². The Morgan fingerprint density at radius 1 is 1.15 bits per heavy atom. The third-order valence-electron chi connectivity index (χ3n) is 4.29. The lowest BCUT2D eigenvalue weighted by Gasteiger charge is -2.33. The summed E-state index contributed by atoms with van der Waals surface area (Å²) in [5.74, 6) is -2.91. The van der Waals surface area contributed by atoms with E-state index in [0.717, 1.165) is 12.1 Å². The maximum atomic E-state index is 14.6. The van der Waals surface area contributed by atoms with E-state index >= 15 is 0 Å². The van der Waals surface area contributed by atoms with Crippen molar-refractivity contribution in [2.75, 3.05) is 26.4 Å². The predicted octanol–water partition coefficient (Wildman–Crippen LogP) is 3.15. The van der Waals surface area contributed by atoms with Crippen LogP contribution in [0.2, 0.25) is 5.02 Å². The second-order valence-corrected chi connectivity index (χ2v) is 8.57. The van der Waals surface area contributed by atoms with E-state index < -0.39 is 38.4 Å². The van der Waals surface area contributed by atoms with Gasteiger partial charge in [-0.25, -0.2) is 17.2 Å². The molecule has 1 aliphatic heterocycles. The molecule has 0 bridgehead atoms. The van der Waals surface area contributed by atoms with Crippen molar-refractivity contribution in [2.45, 2.75) is 10.1 Å². The van der Waals surface area contributed by atoms with Crippen LogP contribution in [0.5, 0.6) is 5.75 Å². The van der Waals surface area contributed by atoms with Gasteiger partial charge in [-0.05, 0) is 36.4 Å². The number of aliphatic hydroxyl groups excluding tert-OH is 1. The minimum atomic E-state index is -4.11. The zero-order valence-corrected chi connectivity index (χ0v) is 15.6.